The van der Waals surface area contributed by atoms with Crippen molar-refractivity contribution < 1.29 is 19.2 Å². The molecule has 0 radical (unpaired) electrons. The summed E-state index contributed by atoms with van der Waals surface area (Å²) in [5.74, 6) is -0.962. The van der Waals surface area contributed by atoms with Crippen LogP contribution >= 0.6 is 23.4 Å². The molecule has 2 aromatic carbocycles. The first-order valence-corrected chi connectivity index (χ1v) is 11.1. The minimum atomic E-state index is -0.468. The summed E-state index contributed by atoms with van der Waals surface area (Å²) in [6.07, 6.45) is 1.63. The van der Waals surface area contributed by atoms with E-state index in [-0.39, 0.29) is 36.2 Å². The molecule has 2 N–H and O–H groups in total. The zero-order chi connectivity index (χ0) is 23.1. The second kappa shape index (κ2) is 11.0. The van der Waals surface area contributed by atoms with E-state index in [4.69, 9.17) is 11.6 Å². The van der Waals surface area contributed by atoms with Gasteiger partial charge in [0.2, 0.25) is 11.8 Å². The van der Waals surface area contributed by atoms with Crippen molar-refractivity contribution in [2.24, 2.45) is 0 Å². The lowest BCUT2D eigenvalue weighted by Gasteiger charge is -2.18. The van der Waals surface area contributed by atoms with Crippen molar-refractivity contribution >= 4 is 52.4 Å². The van der Waals surface area contributed by atoms with Gasteiger partial charge in [-0.05, 0) is 35.0 Å². The maximum absolute atomic E-state index is 12.6. The summed E-state index contributed by atoms with van der Waals surface area (Å²) >= 11 is 6.96. The molecule has 7 nitrogen and oxygen atoms in total. The van der Waals surface area contributed by atoms with Gasteiger partial charge >= 0.3 is 0 Å². The van der Waals surface area contributed by atoms with Crippen molar-refractivity contribution in [3.8, 4) is 0 Å². The van der Waals surface area contributed by atoms with Crippen molar-refractivity contribution in [3.05, 3.63) is 75.7 Å². The highest BCUT2D eigenvalue weighted by atomic mass is 35.5. The van der Waals surface area contributed by atoms with E-state index in [1.54, 1.807) is 30.3 Å². The Morgan fingerprint density at radius 2 is 1.78 bits per heavy atom. The number of nitrogens with one attached hydrogen (secondary N) is 2. The summed E-state index contributed by atoms with van der Waals surface area (Å²) in [7, 11) is 0. The fourth-order valence-electron chi connectivity index (χ4n) is 3.17. The number of hydrogen-bond acceptors (Lipinski definition) is 5. The van der Waals surface area contributed by atoms with Crippen molar-refractivity contribution in [2.75, 3.05) is 13.1 Å². The topological polar surface area (TPSA) is 95.6 Å². The largest absolute Gasteiger partial charge is 0.354 e. The molecule has 1 atom stereocenters. The van der Waals surface area contributed by atoms with E-state index < -0.39 is 17.2 Å². The van der Waals surface area contributed by atoms with E-state index in [2.05, 4.69) is 10.6 Å². The van der Waals surface area contributed by atoms with E-state index in [1.807, 2.05) is 30.3 Å². The number of imide groups is 1. The molecule has 1 fully saturated rings. The molecular weight excluding hydrogens is 450 g/mol. The molecule has 3 rings (SSSR count). The Morgan fingerprint density at radius 1 is 1.09 bits per heavy atom. The molecule has 166 valence electrons. The Hall–Kier alpha value is -3.10. The van der Waals surface area contributed by atoms with Crippen LogP contribution in [0.4, 0.5) is 4.79 Å². The van der Waals surface area contributed by atoms with Gasteiger partial charge in [-0.25, -0.2) is 0 Å². The summed E-state index contributed by atoms with van der Waals surface area (Å²) in [6.45, 7) is 1.55. The van der Waals surface area contributed by atoms with Crippen molar-refractivity contribution in [3.63, 3.8) is 0 Å². The average molecular weight is 472 g/mol. The highest BCUT2D eigenvalue weighted by Gasteiger charge is 2.34. The molecule has 0 spiro atoms. The van der Waals surface area contributed by atoms with Gasteiger partial charge in [0.15, 0.2) is 0 Å². The first kappa shape index (κ1) is 23.6. The minimum Gasteiger partial charge on any atom is -0.354 e. The summed E-state index contributed by atoms with van der Waals surface area (Å²) in [5.41, 5.74) is 1.46. The number of hydrogen-bond donors (Lipinski definition) is 2. The highest BCUT2D eigenvalue weighted by molar-refractivity contribution is 8.18. The lowest BCUT2D eigenvalue weighted by molar-refractivity contribution is -0.125. The third-order valence-corrected chi connectivity index (χ3v) is 5.94. The van der Waals surface area contributed by atoms with Crippen LogP contribution in [0.15, 0.2) is 59.5 Å². The number of carbonyl (C=O) groups excluding carboxylic acids is 4. The third kappa shape index (κ3) is 6.21. The Morgan fingerprint density at radius 3 is 2.47 bits per heavy atom. The molecule has 1 aliphatic heterocycles. The van der Waals surface area contributed by atoms with Crippen LogP contribution in [0.25, 0.3) is 6.08 Å². The van der Waals surface area contributed by atoms with Crippen LogP contribution in [-0.4, -0.2) is 41.0 Å². The molecule has 0 aromatic heterocycles. The molecule has 4 amide bonds. The number of rotatable bonds is 8. The Labute approximate surface area is 195 Å². The fraction of sp³-hybridized carbons (Fsp3) is 0.217. The molecule has 0 bridgehead atoms. The van der Waals surface area contributed by atoms with Gasteiger partial charge in [-0.2, -0.15) is 0 Å². The van der Waals surface area contributed by atoms with Gasteiger partial charge in [-0.15, -0.1) is 0 Å². The number of carbonyl (C=O) groups is 4. The molecule has 1 saturated heterocycles. The normalized spacial score (nSPS) is 15.7. The fourth-order valence-corrected chi connectivity index (χ4v) is 4.22. The maximum Gasteiger partial charge on any atom is 0.293 e. The van der Waals surface area contributed by atoms with E-state index >= 15 is 0 Å². The zero-order valence-corrected chi connectivity index (χ0v) is 18.9. The lowest BCUT2D eigenvalue weighted by Crippen LogP contribution is -2.38. The van der Waals surface area contributed by atoms with Gasteiger partial charge in [-0.3, -0.25) is 24.1 Å². The van der Waals surface area contributed by atoms with Crippen LogP contribution in [-0.2, 0) is 14.4 Å². The van der Waals surface area contributed by atoms with Crippen LogP contribution in [0.2, 0.25) is 5.02 Å². The van der Waals surface area contributed by atoms with Crippen molar-refractivity contribution in [1.82, 2.24) is 15.5 Å². The van der Waals surface area contributed by atoms with Gasteiger partial charge in [0.25, 0.3) is 11.1 Å². The van der Waals surface area contributed by atoms with Gasteiger partial charge in [0, 0.05) is 25.0 Å². The number of nitrogens with zero attached hydrogens (tertiary/aromatic N) is 1. The Balaban J connectivity index is 1.55. The third-order valence-electron chi connectivity index (χ3n) is 4.69. The number of amides is 4. The first-order chi connectivity index (χ1) is 15.3. The molecule has 1 heterocycles. The quantitative estimate of drug-likeness (QED) is 0.571. The number of halogens is 1. The predicted molar refractivity (Wildman–Crippen MR) is 125 cm³/mol. The van der Waals surface area contributed by atoms with E-state index in [9.17, 15) is 19.2 Å². The van der Waals surface area contributed by atoms with Gasteiger partial charge in [0.05, 0.1) is 17.4 Å². The average Bonchev–Trinajstić information content (AvgIpc) is 3.02. The maximum atomic E-state index is 12.6. The predicted octanol–water partition coefficient (Wildman–Crippen LogP) is 3.76. The SMILES string of the molecule is CC(=O)NC(CC(=O)NCCN1C(=O)S/C(=C/c2ccccc2Cl)C1=O)c1ccccc1. The molecule has 0 saturated carbocycles. The van der Waals surface area contributed by atoms with Crippen molar-refractivity contribution in [1.29, 1.82) is 0 Å². The second-order valence-corrected chi connectivity index (χ2v) is 8.47. The standard InChI is InChI=1S/C23H22ClN3O4S/c1-15(28)26-19(16-7-3-2-4-8-16)14-21(29)25-11-12-27-22(30)20(32-23(27)31)13-17-9-5-6-10-18(17)24/h2-10,13,19H,11-12,14H2,1H3,(H,25,29)(H,26,28)/b20-13+. The van der Waals surface area contributed by atoms with Crippen LogP contribution in [0.5, 0.6) is 0 Å². The van der Waals surface area contributed by atoms with Crippen molar-refractivity contribution in [2.45, 2.75) is 19.4 Å². The monoisotopic (exact) mass is 471 g/mol. The summed E-state index contributed by atoms with van der Waals surface area (Å²) in [6, 6.07) is 15.7. The molecule has 9 heteroatoms. The zero-order valence-electron chi connectivity index (χ0n) is 17.3. The number of thioether (sulfide) groups is 1. The second-order valence-electron chi connectivity index (χ2n) is 7.07. The lowest BCUT2D eigenvalue weighted by atomic mass is 10.0. The number of benzene rings is 2. The molecule has 1 unspecified atom stereocenters. The smallest absolute Gasteiger partial charge is 0.293 e. The molecule has 2 aromatic rings. The van der Waals surface area contributed by atoms with Crippen LogP contribution in [0.3, 0.4) is 0 Å². The molecular formula is C23H22ClN3O4S. The van der Waals surface area contributed by atoms with E-state index in [0.29, 0.717) is 10.6 Å². The van der Waals surface area contributed by atoms with E-state index in [0.717, 1.165) is 22.2 Å². The van der Waals surface area contributed by atoms with E-state index in [1.165, 1.54) is 6.92 Å². The minimum absolute atomic E-state index is 0.0396. The Kier molecular flexibility index (Phi) is 8.08. The molecule has 1 aliphatic rings. The highest BCUT2D eigenvalue weighted by Crippen LogP contribution is 2.33. The summed E-state index contributed by atoms with van der Waals surface area (Å²) in [4.78, 5) is 50.2. The van der Waals surface area contributed by atoms with Gasteiger partial charge < -0.3 is 10.6 Å². The first-order valence-electron chi connectivity index (χ1n) is 9.94. The van der Waals surface area contributed by atoms with Crippen LogP contribution in [0.1, 0.15) is 30.5 Å². The van der Waals surface area contributed by atoms with Gasteiger partial charge in [-0.1, -0.05) is 60.1 Å². The summed E-state index contributed by atoms with van der Waals surface area (Å²) in [5, 5.41) is 5.56. The van der Waals surface area contributed by atoms with Crippen LogP contribution < -0.4 is 10.6 Å². The van der Waals surface area contributed by atoms with Gasteiger partial charge in [0.1, 0.15) is 0 Å². The Bertz CT molecular complexity index is 1060. The molecule has 0 aliphatic carbocycles. The van der Waals surface area contributed by atoms with Crippen LogP contribution in [0, 0.1) is 0 Å². The molecule has 32 heavy (non-hydrogen) atoms. The summed E-state index contributed by atoms with van der Waals surface area (Å²) < 4.78 is 0.